The lowest BCUT2D eigenvalue weighted by Gasteiger charge is -2.21. The molecule has 1 aliphatic heterocycles. The minimum atomic E-state index is -4.55. The van der Waals surface area contributed by atoms with Crippen molar-refractivity contribution in [2.24, 2.45) is 0 Å². The summed E-state index contributed by atoms with van der Waals surface area (Å²) in [5, 5.41) is 7.27. The Labute approximate surface area is 146 Å². The van der Waals surface area contributed by atoms with Gasteiger partial charge in [-0.05, 0) is 25.0 Å². The number of ether oxygens (including phenoxy) is 1. The highest BCUT2D eigenvalue weighted by molar-refractivity contribution is 5.29. The Bertz CT molecular complexity index is 865. The third-order valence-corrected chi connectivity index (χ3v) is 4.47. The monoisotopic (exact) mass is 367 g/mol. The highest BCUT2D eigenvalue weighted by atomic mass is 19.4. The second-order valence-corrected chi connectivity index (χ2v) is 6.43. The van der Waals surface area contributed by atoms with Crippen LogP contribution in [0.1, 0.15) is 36.2 Å². The first-order valence-corrected chi connectivity index (χ1v) is 8.26. The number of aromatic nitrogens is 4. The van der Waals surface area contributed by atoms with E-state index in [1.54, 1.807) is 6.07 Å². The van der Waals surface area contributed by atoms with Crippen LogP contribution in [0.4, 0.5) is 19.1 Å². The maximum absolute atomic E-state index is 12.8. The maximum atomic E-state index is 12.8. The molecule has 1 saturated carbocycles. The molecule has 2 fully saturated rings. The zero-order valence-electron chi connectivity index (χ0n) is 13.6. The van der Waals surface area contributed by atoms with Crippen molar-refractivity contribution in [3.8, 4) is 0 Å². The van der Waals surface area contributed by atoms with Crippen molar-refractivity contribution in [3.63, 3.8) is 0 Å². The Balaban J connectivity index is 1.58. The first-order chi connectivity index (χ1) is 12.4. The van der Waals surface area contributed by atoms with Crippen LogP contribution in [0.3, 0.4) is 0 Å². The quantitative estimate of drug-likeness (QED) is 0.890. The first-order valence-electron chi connectivity index (χ1n) is 8.26. The van der Waals surface area contributed by atoms with E-state index in [1.165, 1.54) is 10.7 Å². The number of nitrogens with one attached hydrogen (secondary N) is 1. The summed E-state index contributed by atoms with van der Waals surface area (Å²) < 4.78 is 45.2. The predicted molar refractivity (Wildman–Crippen MR) is 84.8 cm³/mol. The van der Waals surface area contributed by atoms with Gasteiger partial charge >= 0.3 is 6.18 Å². The van der Waals surface area contributed by atoms with Crippen molar-refractivity contribution >= 4 is 5.95 Å². The molecule has 10 heteroatoms. The highest BCUT2D eigenvalue weighted by Gasteiger charge is 2.35. The molecule has 1 aliphatic carbocycles. The van der Waals surface area contributed by atoms with Crippen molar-refractivity contribution in [1.29, 1.82) is 0 Å². The SMILES string of the molecule is O=c1ccc(C2CC2)nn1C1COCC1Nc1nccc(C(F)(F)F)n1. The molecule has 2 aliphatic rings. The molecule has 2 unspecified atom stereocenters. The molecule has 26 heavy (non-hydrogen) atoms. The normalized spacial score (nSPS) is 23.2. The number of halogens is 3. The van der Waals surface area contributed by atoms with Crippen molar-refractivity contribution in [2.75, 3.05) is 18.5 Å². The van der Waals surface area contributed by atoms with Crippen molar-refractivity contribution in [1.82, 2.24) is 19.7 Å². The molecular weight excluding hydrogens is 351 g/mol. The summed E-state index contributed by atoms with van der Waals surface area (Å²) in [5.74, 6) is 0.217. The molecule has 0 aromatic carbocycles. The van der Waals surface area contributed by atoms with Crippen LogP contribution < -0.4 is 10.9 Å². The van der Waals surface area contributed by atoms with Crippen LogP contribution in [0, 0.1) is 0 Å². The van der Waals surface area contributed by atoms with E-state index in [9.17, 15) is 18.0 Å². The Morgan fingerprint density at radius 1 is 1.19 bits per heavy atom. The van der Waals surface area contributed by atoms with Gasteiger partial charge in [0.05, 0.1) is 24.9 Å². The third kappa shape index (κ3) is 3.41. The first kappa shape index (κ1) is 17.0. The fourth-order valence-electron chi connectivity index (χ4n) is 2.95. The van der Waals surface area contributed by atoms with Crippen molar-refractivity contribution in [3.05, 3.63) is 46.1 Å². The fourth-order valence-corrected chi connectivity index (χ4v) is 2.95. The van der Waals surface area contributed by atoms with Gasteiger partial charge in [0.1, 0.15) is 11.7 Å². The van der Waals surface area contributed by atoms with E-state index in [-0.39, 0.29) is 24.7 Å². The molecule has 0 amide bonds. The Kier molecular flexibility index (Phi) is 4.14. The molecular formula is C16H16F3N5O2. The lowest BCUT2D eigenvalue weighted by Crippen LogP contribution is -2.38. The van der Waals surface area contributed by atoms with Gasteiger partial charge in [-0.3, -0.25) is 4.79 Å². The molecule has 2 aromatic rings. The summed E-state index contributed by atoms with van der Waals surface area (Å²) in [6.45, 7) is 0.448. The standard InChI is InChI=1S/C16H16F3N5O2/c17-16(18,19)13-5-6-20-15(22-13)21-11-7-26-8-12(11)24-14(25)4-3-10(23-24)9-1-2-9/h3-6,9,11-12H,1-2,7-8H2,(H,20,21,22). The lowest BCUT2D eigenvalue weighted by molar-refractivity contribution is -0.141. The number of hydrogen-bond donors (Lipinski definition) is 1. The zero-order valence-corrected chi connectivity index (χ0v) is 13.6. The van der Waals surface area contributed by atoms with Crippen LogP contribution >= 0.6 is 0 Å². The summed E-state index contributed by atoms with van der Waals surface area (Å²) in [5.41, 5.74) is -0.455. The summed E-state index contributed by atoms with van der Waals surface area (Å²) in [6.07, 6.45) is -1.42. The second-order valence-electron chi connectivity index (χ2n) is 6.43. The Hall–Kier alpha value is -2.49. The van der Waals surface area contributed by atoms with Crippen molar-refractivity contribution < 1.29 is 17.9 Å². The summed E-state index contributed by atoms with van der Waals surface area (Å²) >= 11 is 0. The van der Waals surface area contributed by atoms with Gasteiger partial charge < -0.3 is 10.1 Å². The predicted octanol–water partition coefficient (Wildman–Crippen LogP) is 1.98. The topological polar surface area (TPSA) is 81.9 Å². The Morgan fingerprint density at radius 3 is 2.73 bits per heavy atom. The van der Waals surface area contributed by atoms with Gasteiger partial charge in [0, 0.05) is 18.2 Å². The number of rotatable bonds is 4. The van der Waals surface area contributed by atoms with Gasteiger partial charge in [0.15, 0.2) is 0 Å². The molecule has 138 valence electrons. The zero-order chi connectivity index (χ0) is 18.3. The number of alkyl halides is 3. The molecule has 0 radical (unpaired) electrons. The van der Waals surface area contributed by atoms with E-state index in [0.29, 0.717) is 5.92 Å². The Morgan fingerprint density at radius 2 is 2.00 bits per heavy atom. The van der Waals surface area contributed by atoms with E-state index in [1.807, 2.05) is 0 Å². The molecule has 2 atom stereocenters. The minimum absolute atomic E-state index is 0.160. The van der Waals surface area contributed by atoms with Crippen LogP contribution in [0.15, 0.2) is 29.2 Å². The largest absolute Gasteiger partial charge is 0.433 e. The molecule has 7 nitrogen and oxygen atoms in total. The summed E-state index contributed by atoms with van der Waals surface area (Å²) in [4.78, 5) is 19.6. The summed E-state index contributed by atoms with van der Waals surface area (Å²) in [7, 11) is 0. The van der Waals surface area contributed by atoms with Crippen molar-refractivity contribution in [2.45, 2.75) is 37.0 Å². The smallest absolute Gasteiger partial charge is 0.377 e. The van der Waals surface area contributed by atoms with E-state index in [0.717, 1.165) is 30.8 Å². The molecule has 0 spiro atoms. The van der Waals surface area contributed by atoms with Crippen LogP contribution in [0.2, 0.25) is 0 Å². The summed E-state index contributed by atoms with van der Waals surface area (Å²) in [6, 6.07) is 3.10. The van der Waals surface area contributed by atoms with E-state index < -0.39 is 24.0 Å². The minimum Gasteiger partial charge on any atom is -0.377 e. The van der Waals surface area contributed by atoms with E-state index in [4.69, 9.17) is 4.74 Å². The van der Waals surface area contributed by atoms with Gasteiger partial charge in [0.25, 0.3) is 5.56 Å². The fraction of sp³-hybridized carbons (Fsp3) is 0.500. The van der Waals surface area contributed by atoms with E-state index in [2.05, 4.69) is 20.4 Å². The molecule has 3 heterocycles. The highest BCUT2D eigenvalue weighted by Crippen LogP contribution is 2.38. The van der Waals surface area contributed by atoms with Crippen LogP contribution in [-0.2, 0) is 10.9 Å². The molecule has 1 saturated heterocycles. The van der Waals surface area contributed by atoms with Gasteiger partial charge in [0.2, 0.25) is 5.95 Å². The molecule has 1 N–H and O–H groups in total. The molecule has 2 aromatic heterocycles. The van der Waals surface area contributed by atoms with Gasteiger partial charge in [-0.15, -0.1) is 0 Å². The van der Waals surface area contributed by atoms with Gasteiger partial charge in [-0.25, -0.2) is 14.6 Å². The average molecular weight is 367 g/mol. The van der Waals surface area contributed by atoms with Crippen LogP contribution in [-0.4, -0.2) is 39.0 Å². The maximum Gasteiger partial charge on any atom is 0.433 e. The van der Waals surface area contributed by atoms with Crippen LogP contribution in [0.5, 0.6) is 0 Å². The van der Waals surface area contributed by atoms with Crippen LogP contribution in [0.25, 0.3) is 0 Å². The number of hydrogen-bond acceptors (Lipinski definition) is 6. The lowest BCUT2D eigenvalue weighted by atomic mass is 10.1. The second kappa shape index (κ2) is 6.35. The van der Waals surface area contributed by atoms with Gasteiger partial charge in [-0.1, -0.05) is 0 Å². The molecule has 4 rings (SSSR count). The number of nitrogens with zero attached hydrogens (tertiary/aromatic N) is 4. The van der Waals surface area contributed by atoms with E-state index >= 15 is 0 Å². The van der Waals surface area contributed by atoms with Gasteiger partial charge in [-0.2, -0.15) is 18.3 Å². The number of anilines is 1. The third-order valence-electron chi connectivity index (χ3n) is 4.47. The molecule has 0 bridgehead atoms. The average Bonchev–Trinajstić information content (AvgIpc) is 3.35.